The Kier molecular flexibility index (Phi) is 3.05. The molecule has 0 unspecified atom stereocenters. The number of hydrogen-bond acceptors (Lipinski definition) is 4. The summed E-state index contributed by atoms with van der Waals surface area (Å²) in [7, 11) is 0. The largest absolute Gasteiger partial charge is 0.378 e. The van der Waals surface area contributed by atoms with Gasteiger partial charge < -0.3 is 9.64 Å². The third-order valence-electron chi connectivity index (χ3n) is 2.45. The van der Waals surface area contributed by atoms with Crippen molar-refractivity contribution in [2.45, 2.75) is 0 Å². The quantitative estimate of drug-likeness (QED) is 0.583. The van der Waals surface area contributed by atoms with Crippen LogP contribution >= 0.6 is 0 Å². The Balaban J connectivity index is 2.21. The van der Waals surface area contributed by atoms with Gasteiger partial charge in [0.15, 0.2) is 6.19 Å². The summed E-state index contributed by atoms with van der Waals surface area (Å²) in [4.78, 5) is 2.23. The molecular weight excluding hydrogens is 190 g/mol. The van der Waals surface area contributed by atoms with Crippen LogP contribution in [-0.2, 0) is 4.74 Å². The molecule has 2 rings (SSSR count). The van der Waals surface area contributed by atoms with Gasteiger partial charge in [0.05, 0.1) is 24.6 Å². The van der Waals surface area contributed by atoms with Crippen molar-refractivity contribution in [1.29, 1.82) is 5.26 Å². The van der Waals surface area contributed by atoms with Crippen molar-refractivity contribution in [3.8, 4) is 6.19 Å². The molecule has 0 aromatic heterocycles. The lowest BCUT2D eigenvalue weighted by molar-refractivity contribution is 0.123. The maximum atomic E-state index is 8.64. The second kappa shape index (κ2) is 4.67. The number of nitriles is 1. The first-order valence-corrected chi connectivity index (χ1v) is 4.98. The van der Waals surface area contributed by atoms with E-state index in [1.54, 1.807) is 0 Å². The number of rotatable bonds is 2. The van der Waals surface area contributed by atoms with Crippen LogP contribution in [-0.4, -0.2) is 26.3 Å². The Morgan fingerprint density at radius 3 is 2.73 bits per heavy atom. The molecule has 1 aromatic rings. The molecule has 0 bridgehead atoms. The molecule has 1 saturated heterocycles. The van der Waals surface area contributed by atoms with E-state index in [4.69, 9.17) is 10.00 Å². The van der Waals surface area contributed by atoms with E-state index >= 15 is 0 Å². The number of ether oxygens (including phenoxy) is 1. The number of nitrogens with zero attached hydrogens (tertiary/aromatic N) is 2. The number of nitrogens with one attached hydrogen (secondary N) is 1. The summed E-state index contributed by atoms with van der Waals surface area (Å²) in [5, 5.41) is 11.3. The van der Waals surface area contributed by atoms with Gasteiger partial charge in [-0.2, -0.15) is 5.26 Å². The molecule has 0 amide bonds. The average Bonchev–Trinajstić information content (AvgIpc) is 2.31. The van der Waals surface area contributed by atoms with Gasteiger partial charge in [-0.05, 0) is 12.1 Å². The Labute approximate surface area is 89.1 Å². The zero-order valence-corrected chi connectivity index (χ0v) is 8.44. The number of para-hydroxylation sites is 2. The number of benzene rings is 1. The van der Waals surface area contributed by atoms with Crippen LogP contribution in [0.2, 0.25) is 0 Å². The first-order valence-electron chi connectivity index (χ1n) is 4.98. The SMILES string of the molecule is N#CNc1ccccc1N1CCOCC1. The van der Waals surface area contributed by atoms with E-state index in [9.17, 15) is 0 Å². The molecule has 78 valence electrons. The fourth-order valence-electron chi connectivity index (χ4n) is 1.72. The Hall–Kier alpha value is -1.73. The highest BCUT2D eigenvalue weighted by Crippen LogP contribution is 2.25. The van der Waals surface area contributed by atoms with Gasteiger partial charge in [-0.15, -0.1) is 0 Å². The van der Waals surface area contributed by atoms with Crippen molar-refractivity contribution in [2.75, 3.05) is 36.5 Å². The minimum Gasteiger partial charge on any atom is -0.378 e. The molecule has 1 N–H and O–H groups in total. The summed E-state index contributed by atoms with van der Waals surface area (Å²) < 4.78 is 5.29. The molecule has 0 aliphatic carbocycles. The first kappa shape index (κ1) is 9.81. The molecule has 15 heavy (non-hydrogen) atoms. The lowest BCUT2D eigenvalue weighted by Crippen LogP contribution is -2.36. The van der Waals surface area contributed by atoms with Crippen LogP contribution in [0.5, 0.6) is 0 Å². The van der Waals surface area contributed by atoms with Crippen LogP contribution in [0, 0.1) is 11.5 Å². The predicted molar refractivity (Wildman–Crippen MR) is 58.7 cm³/mol. The van der Waals surface area contributed by atoms with Crippen LogP contribution in [0.1, 0.15) is 0 Å². The minimum absolute atomic E-state index is 0.751. The highest BCUT2D eigenvalue weighted by atomic mass is 16.5. The third-order valence-corrected chi connectivity index (χ3v) is 2.45. The summed E-state index contributed by atoms with van der Waals surface area (Å²) in [6.45, 7) is 3.26. The molecule has 0 atom stereocenters. The van der Waals surface area contributed by atoms with Gasteiger partial charge in [0.2, 0.25) is 0 Å². The van der Waals surface area contributed by atoms with E-state index in [1.807, 2.05) is 30.5 Å². The Morgan fingerprint density at radius 1 is 1.27 bits per heavy atom. The summed E-state index contributed by atoms with van der Waals surface area (Å²) in [5.41, 5.74) is 1.93. The molecule has 1 aliphatic rings. The standard InChI is InChI=1S/C11H13N3O/c12-9-13-10-3-1-2-4-11(10)14-5-7-15-8-6-14/h1-4,13H,5-8H2. The fraction of sp³-hybridized carbons (Fsp3) is 0.364. The highest BCUT2D eigenvalue weighted by Gasteiger charge is 2.13. The van der Waals surface area contributed by atoms with Gasteiger partial charge in [-0.25, -0.2) is 0 Å². The molecule has 1 fully saturated rings. The molecule has 1 aliphatic heterocycles. The zero-order valence-electron chi connectivity index (χ0n) is 8.44. The van der Waals surface area contributed by atoms with Crippen LogP contribution in [0.25, 0.3) is 0 Å². The Morgan fingerprint density at radius 2 is 2.00 bits per heavy atom. The summed E-state index contributed by atoms with van der Waals surface area (Å²) >= 11 is 0. The minimum atomic E-state index is 0.751. The number of hydrogen-bond donors (Lipinski definition) is 1. The van der Waals surface area contributed by atoms with E-state index < -0.39 is 0 Å². The van der Waals surface area contributed by atoms with Crippen LogP contribution in [0.3, 0.4) is 0 Å². The van der Waals surface area contributed by atoms with E-state index in [1.165, 1.54) is 0 Å². The van der Waals surface area contributed by atoms with E-state index in [2.05, 4.69) is 10.2 Å². The lowest BCUT2D eigenvalue weighted by Gasteiger charge is -2.30. The summed E-state index contributed by atoms with van der Waals surface area (Å²) in [6.07, 6.45) is 1.96. The summed E-state index contributed by atoms with van der Waals surface area (Å²) in [6, 6.07) is 7.83. The summed E-state index contributed by atoms with van der Waals surface area (Å²) in [5.74, 6) is 0. The van der Waals surface area contributed by atoms with Crippen molar-refractivity contribution in [2.24, 2.45) is 0 Å². The first-order chi connectivity index (χ1) is 7.42. The fourth-order valence-corrected chi connectivity index (χ4v) is 1.72. The van der Waals surface area contributed by atoms with Gasteiger partial charge in [0.1, 0.15) is 0 Å². The predicted octanol–water partition coefficient (Wildman–Crippen LogP) is 1.42. The van der Waals surface area contributed by atoms with E-state index in [0.29, 0.717) is 0 Å². The van der Waals surface area contributed by atoms with E-state index in [-0.39, 0.29) is 0 Å². The molecule has 1 heterocycles. The maximum Gasteiger partial charge on any atom is 0.181 e. The van der Waals surface area contributed by atoms with Gasteiger partial charge >= 0.3 is 0 Å². The molecular formula is C11H13N3O. The second-order valence-electron chi connectivity index (χ2n) is 3.35. The van der Waals surface area contributed by atoms with Gasteiger partial charge in [-0.1, -0.05) is 12.1 Å². The highest BCUT2D eigenvalue weighted by molar-refractivity contribution is 5.71. The molecule has 1 aromatic carbocycles. The zero-order chi connectivity index (χ0) is 10.5. The van der Waals surface area contributed by atoms with E-state index in [0.717, 1.165) is 37.7 Å². The van der Waals surface area contributed by atoms with Crippen LogP contribution in [0.4, 0.5) is 11.4 Å². The number of morpholine rings is 1. The van der Waals surface area contributed by atoms with Gasteiger partial charge in [0, 0.05) is 13.1 Å². The van der Waals surface area contributed by atoms with Crippen LogP contribution in [0.15, 0.2) is 24.3 Å². The van der Waals surface area contributed by atoms with Crippen molar-refractivity contribution >= 4 is 11.4 Å². The van der Waals surface area contributed by atoms with Crippen molar-refractivity contribution in [3.05, 3.63) is 24.3 Å². The maximum absolute atomic E-state index is 8.64. The number of anilines is 2. The van der Waals surface area contributed by atoms with Gasteiger partial charge in [-0.3, -0.25) is 5.32 Å². The normalized spacial score (nSPS) is 15.8. The smallest absolute Gasteiger partial charge is 0.181 e. The van der Waals surface area contributed by atoms with Crippen molar-refractivity contribution in [3.63, 3.8) is 0 Å². The average molecular weight is 203 g/mol. The molecule has 4 nitrogen and oxygen atoms in total. The lowest BCUT2D eigenvalue weighted by atomic mass is 10.2. The van der Waals surface area contributed by atoms with Crippen molar-refractivity contribution in [1.82, 2.24) is 0 Å². The van der Waals surface area contributed by atoms with Crippen LogP contribution < -0.4 is 10.2 Å². The molecule has 4 heteroatoms. The second-order valence-corrected chi connectivity index (χ2v) is 3.35. The Bertz CT molecular complexity index is 366. The topological polar surface area (TPSA) is 48.3 Å². The molecule has 0 radical (unpaired) electrons. The molecule has 0 spiro atoms. The monoisotopic (exact) mass is 203 g/mol. The molecule has 0 saturated carbocycles. The van der Waals surface area contributed by atoms with Gasteiger partial charge in [0.25, 0.3) is 0 Å². The third kappa shape index (κ3) is 2.20. The van der Waals surface area contributed by atoms with Crippen molar-refractivity contribution < 1.29 is 4.74 Å².